The highest BCUT2D eigenvalue weighted by Gasteiger charge is 2.39. The van der Waals surface area contributed by atoms with E-state index in [9.17, 15) is 19.7 Å². The van der Waals surface area contributed by atoms with Crippen LogP contribution in [0.1, 0.15) is 64.9 Å². The molecule has 0 atom stereocenters. The molecule has 6 rings (SSSR count). The van der Waals surface area contributed by atoms with Crippen LogP contribution in [-0.4, -0.2) is 86.1 Å². The Morgan fingerprint density at radius 3 is 2.53 bits per heavy atom. The quantitative estimate of drug-likeness (QED) is 0.367. The normalized spacial score (nSPS) is 20.6. The van der Waals surface area contributed by atoms with Crippen molar-refractivity contribution in [3.05, 3.63) is 48.2 Å². The molecule has 1 aliphatic carbocycles. The Labute approximate surface area is 262 Å². The van der Waals surface area contributed by atoms with Crippen LogP contribution in [0.3, 0.4) is 0 Å². The van der Waals surface area contributed by atoms with Gasteiger partial charge >= 0.3 is 13.1 Å². The Balaban J connectivity index is 1.13. The molecule has 3 aliphatic rings. The minimum atomic E-state index is -1.27. The fourth-order valence-corrected chi connectivity index (χ4v) is 5.97. The van der Waals surface area contributed by atoms with Gasteiger partial charge in [0.25, 0.3) is 0 Å². The number of para-hydroxylation sites is 1. The van der Waals surface area contributed by atoms with E-state index in [4.69, 9.17) is 14.5 Å². The van der Waals surface area contributed by atoms with E-state index in [1.165, 1.54) is 0 Å². The average Bonchev–Trinajstić information content (AvgIpc) is 3.02. The maximum Gasteiger partial charge on any atom is 0.474 e. The van der Waals surface area contributed by atoms with Crippen LogP contribution in [0, 0.1) is 5.92 Å². The number of piperidine rings is 1. The number of benzene rings is 2. The van der Waals surface area contributed by atoms with E-state index in [0.29, 0.717) is 59.9 Å². The van der Waals surface area contributed by atoms with Gasteiger partial charge in [0.2, 0.25) is 11.9 Å². The second kappa shape index (κ2) is 12.6. The van der Waals surface area contributed by atoms with Gasteiger partial charge in [-0.05, 0) is 88.5 Å². The Morgan fingerprint density at radius 2 is 1.80 bits per heavy atom. The number of aliphatic hydroxyl groups excluding tert-OH is 1. The Bertz CT molecular complexity index is 1600. The Hall–Kier alpha value is -4.23. The van der Waals surface area contributed by atoms with Crippen molar-refractivity contribution in [2.75, 3.05) is 18.4 Å². The van der Waals surface area contributed by atoms with Crippen molar-refractivity contribution in [3.63, 3.8) is 0 Å². The van der Waals surface area contributed by atoms with Gasteiger partial charge in [-0.3, -0.25) is 4.79 Å². The van der Waals surface area contributed by atoms with E-state index in [0.717, 1.165) is 36.0 Å². The number of amides is 2. The van der Waals surface area contributed by atoms with Gasteiger partial charge in [-0.1, -0.05) is 18.2 Å². The molecule has 236 valence electrons. The van der Waals surface area contributed by atoms with E-state index in [1.54, 1.807) is 23.4 Å². The molecule has 45 heavy (non-hydrogen) atoms. The van der Waals surface area contributed by atoms with Crippen LogP contribution in [-0.2, 0) is 9.53 Å². The second-order valence-corrected chi connectivity index (χ2v) is 12.9. The van der Waals surface area contributed by atoms with Crippen molar-refractivity contribution < 1.29 is 29.2 Å². The number of likely N-dealkylation sites (tertiary alicyclic amines) is 1. The molecular formula is C32H39BN6O6. The van der Waals surface area contributed by atoms with Gasteiger partial charge < -0.3 is 29.8 Å². The summed E-state index contributed by atoms with van der Waals surface area (Å²) in [5.74, 6) is 0.368. The molecule has 3 aromatic rings. The monoisotopic (exact) mass is 614 g/mol. The lowest BCUT2D eigenvalue weighted by Gasteiger charge is -2.35. The zero-order valence-corrected chi connectivity index (χ0v) is 25.8. The van der Waals surface area contributed by atoms with E-state index in [-0.39, 0.29) is 30.1 Å². The molecule has 1 saturated heterocycles. The van der Waals surface area contributed by atoms with Crippen LogP contribution >= 0.6 is 0 Å². The summed E-state index contributed by atoms with van der Waals surface area (Å²) in [5, 5.41) is 29.4. The van der Waals surface area contributed by atoms with Crippen LogP contribution in [0.4, 0.5) is 16.4 Å². The van der Waals surface area contributed by atoms with Gasteiger partial charge in [0, 0.05) is 36.3 Å². The molecule has 1 saturated carbocycles. The number of fused-ring (bicyclic) bond motifs is 2. The third kappa shape index (κ3) is 7.04. The summed E-state index contributed by atoms with van der Waals surface area (Å²) in [6, 6.07) is 11.2. The van der Waals surface area contributed by atoms with Crippen molar-refractivity contribution in [3.8, 4) is 5.75 Å². The van der Waals surface area contributed by atoms with Gasteiger partial charge in [0.05, 0.1) is 18.4 Å². The summed E-state index contributed by atoms with van der Waals surface area (Å²) in [6.45, 7) is 6.25. The van der Waals surface area contributed by atoms with Crippen molar-refractivity contribution >= 4 is 53.3 Å². The molecule has 2 aliphatic heterocycles. The van der Waals surface area contributed by atoms with Crippen LogP contribution in [0.2, 0.25) is 0 Å². The topological polar surface area (TPSA) is 150 Å². The summed E-state index contributed by atoms with van der Waals surface area (Å²) in [5.41, 5.74) is 1.96. The third-order valence-electron chi connectivity index (χ3n) is 8.41. The predicted molar refractivity (Wildman–Crippen MR) is 171 cm³/mol. The van der Waals surface area contributed by atoms with Gasteiger partial charge in [0.1, 0.15) is 16.9 Å². The van der Waals surface area contributed by atoms with E-state index in [2.05, 4.69) is 15.4 Å². The zero-order valence-electron chi connectivity index (χ0n) is 25.8. The number of rotatable bonds is 5. The summed E-state index contributed by atoms with van der Waals surface area (Å²) in [4.78, 5) is 37.8. The first-order chi connectivity index (χ1) is 21.5. The van der Waals surface area contributed by atoms with Crippen LogP contribution in [0.5, 0.6) is 5.75 Å². The number of hydrogen-bond acceptors (Lipinski definition) is 10. The number of nitrogens with zero attached hydrogens (tertiary/aromatic N) is 5. The third-order valence-corrected chi connectivity index (χ3v) is 8.41. The number of carbonyl (C=O) groups is 2. The van der Waals surface area contributed by atoms with E-state index >= 15 is 0 Å². The fraction of sp³-hybridized carbons (Fsp3) is 0.469. The van der Waals surface area contributed by atoms with Crippen molar-refractivity contribution in [1.82, 2.24) is 19.8 Å². The smallest absolute Gasteiger partial charge is 0.474 e. The lowest BCUT2D eigenvalue weighted by Crippen LogP contribution is -2.55. The van der Waals surface area contributed by atoms with Gasteiger partial charge in [0.15, 0.2) is 0 Å². The molecule has 13 heteroatoms. The number of aliphatic hydroxyl groups is 1. The molecular weight excluding hydrogens is 575 g/mol. The molecule has 0 unspecified atom stereocenters. The van der Waals surface area contributed by atoms with Crippen LogP contribution < -0.4 is 15.5 Å². The maximum atomic E-state index is 13.4. The highest BCUT2D eigenvalue weighted by molar-refractivity contribution is 6.67. The number of carbonyl (C=O) groups excluding carboxylic acids is 2. The van der Waals surface area contributed by atoms with Gasteiger partial charge in [-0.25, -0.2) is 19.7 Å². The maximum absolute atomic E-state index is 13.4. The fourth-order valence-electron chi connectivity index (χ4n) is 5.97. The molecule has 1 aromatic heterocycles. The lowest BCUT2D eigenvalue weighted by molar-refractivity contribution is -0.133. The van der Waals surface area contributed by atoms with Crippen LogP contribution in [0.25, 0.3) is 10.9 Å². The number of nitrogens with one attached hydrogen (secondary N) is 1. The van der Waals surface area contributed by atoms with Crippen molar-refractivity contribution in [2.24, 2.45) is 11.0 Å². The summed E-state index contributed by atoms with van der Waals surface area (Å²) in [7, 11) is -1.27. The molecule has 2 fully saturated rings. The largest absolute Gasteiger partial charge is 0.488 e. The molecule has 0 radical (unpaired) electrons. The molecule has 0 bridgehead atoms. The first-order valence-electron chi connectivity index (χ1n) is 15.6. The van der Waals surface area contributed by atoms with E-state index < -0.39 is 12.7 Å². The Kier molecular flexibility index (Phi) is 8.65. The van der Waals surface area contributed by atoms with E-state index in [1.807, 2.05) is 51.1 Å². The molecule has 3 N–H and O–H groups in total. The SMILES string of the molecule is CC(C)(C)OC(=O)N1CCC(C(=O)N2N=Cc3ccc(Nc4ncc5cccc(O[C@H]6CC[C@@H](O)CC6)c5n4)cc3B2O)CC1. The molecule has 0 spiro atoms. The summed E-state index contributed by atoms with van der Waals surface area (Å²) < 4.78 is 11.8. The number of hydrogen-bond donors (Lipinski definition) is 3. The Morgan fingerprint density at radius 1 is 1.04 bits per heavy atom. The minimum Gasteiger partial charge on any atom is -0.488 e. The average molecular weight is 615 g/mol. The van der Waals surface area contributed by atoms with Gasteiger partial charge in [-0.15, -0.1) is 0 Å². The minimum absolute atomic E-state index is 0.0253. The predicted octanol–water partition coefficient (Wildman–Crippen LogP) is 3.57. The van der Waals surface area contributed by atoms with Gasteiger partial charge in [-0.2, -0.15) is 5.10 Å². The summed E-state index contributed by atoms with van der Waals surface area (Å²) in [6.07, 6.45) is 6.63. The van der Waals surface area contributed by atoms with Crippen molar-refractivity contribution in [1.29, 1.82) is 0 Å². The number of hydrazone groups is 1. The van der Waals surface area contributed by atoms with Crippen LogP contribution in [0.15, 0.2) is 47.7 Å². The molecule has 12 nitrogen and oxygen atoms in total. The molecule has 2 amide bonds. The first kappa shape index (κ1) is 30.8. The lowest BCUT2D eigenvalue weighted by atomic mass is 9.69. The molecule has 3 heterocycles. The molecule has 2 aromatic carbocycles. The summed E-state index contributed by atoms with van der Waals surface area (Å²) >= 11 is 0. The second-order valence-electron chi connectivity index (χ2n) is 12.9. The standard InChI is InChI=1S/C32H39BN6O6/c1-32(2,3)45-31(42)38-15-13-20(14-16-38)29(41)39-33(43)26-17-23(8-7-21(26)19-35-39)36-30-34-18-22-5-4-6-27(28(22)37-30)44-25-11-9-24(40)10-12-25/h4-8,17-20,24-25,40,43H,9-16H2,1-3H3,(H,34,36,37)/t24-,25+. The zero-order chi connectivity index (χ0) is 31.7. The number of anilines is 2. The van der Waals surface area contributed by atoms with Crippen molar-refractivity contribution in [2.45, 2.75) is 77.1 Å². The number of aromatic nitrogens is 2. The first-order valence-corrected chi connectivity index (χ1v) is 15.6. The highest BCUT2D eigenvalue weighted by atomic mass is 16.6. The number of ether oxygens (including phenoxy) is 2. The highest BCUT2D eigenvalue weighted by Crippen LogP contribution is 2.30.